The summed E-state index contributed by atoms with van der Waals surface area (Å²) in [6.07, 6.45) is 0. The van der Waals surface area contributed by atoms with Crippen LogP contribution in [0.4, 0.5) is 5.69 Å². The molecule has 5 heteroatoms. The Labute approximate surface area is 120 Å². The van der Waals surface area contributed by atoms with Crippen LogP contribution in [0.15, 0.2) is 42.5 Å². The van der Waals surface area contributed by atoms with Crippen molar-refractivity contribution in [1.82, 2.24) is 0 Å². The van der Waals surface area contributed by atoms with Crippen molar-refractivity contribution in [3.8, 4) is 0 Å². The number of rotatable bonds is 3. The summed E-state index contributed by atoms with van der Waals surface area (Å²) in [7, 11) is 0. The van der Waals surface area contributed by atoms with Crippen molar-refractivity contribution in [2.45, 2.75) is 6.61 Å². The Morgan fingerprint density at radius 2 is 1.79 bits per heavy atom. The SMILES string of the molecule is Nc1ccc(C(=O)OCc2cc(Cl)ccc2Cl)cc1. The Balaban J connectivity index is 2.04. The molecule has 19 heavy (non-hydrogen) atoms. The molecule has 2 aromatic rings. The van der Waals surface area contributed by atoms with Gasteiger partial charge in [0.1, 0.15) is 6.61 Å². The highest BCUT2D eigenvalue weighted by Gasteiger charge is 2.09. The molecule has 0 spiro atoms. The van der Waals surface area contributed by atoms with Gasteiger partial charge in [-0.25, -0.2) is 4.79 Å². The summed E-state index contributed by atoms with van der Waals surface area (Å²) in [5.74, 6) is -0.434. The Morgan fingerprint density at radius 1 is 1.11 bits per heavy atom. The van der Waals surface area contributed by atoms with Crippen molar-refractivity contribution in [3.05, 3.63) is 63.6 Å². The minimum Gasteiger partial charge on any atom is -0.457 e. The van der Waals surface area contributed by atoms with Crippen molar-refractivity contribution in [1.29, 1.82) is 0 Å². The summed E-state index contributed by atoms with van der Waals surface area (Å²) in [5, 5.41) is 1.05. The average molecular weight is 296 g/mol. The summed E-state index contributed by atoms with van der Waals surface area (Å²) < 4.78 is 5.17. The smallest absolute Gasteiger partial charge is 0.338 e. The first-order valence-corrected chi connectivity index (χ1v) is 6.28. The summed E-state index contributed by atoms with van der Waals surface area (Å²) >= 11 is 11.8. The van der Waals surface area contributed by atoms with E-state index < -0.39 is 5.97 Å². The van der Waals surface area contributed by atoms with Crippen LogP contribution in [-0.2, 0) is 11.3 Å². The van der Waals surface area contributed by atoms with E-state index in [1.54, 1.807) is 42.5 Å². The van der Waals surface area contributed by atoms with E-state index in [1.165, 1.54) is 0 Å². The summed E-state index contributed by atoms with van der Waals surface area (Å²) in [6.45, 7) is 0.0720. The van der Waals surface area contributed by atoms with E-state index >= 15 is 0 Å². The van der Waals surface area contributed by atoms with Gasteiger partial charge in [-0.15, -0.1) is 0 Å². The minimum atomic E-state index is -0.434. The molecule has 2 aromatic carbocycles. The Bertz CT molecular complexity index is 597. The number of esters is 1. The summed E-state index contributed by atoms with van der Waals surface area (Å²) in [5.41, 5.74) is 7.24. The zero-order valence-electron chi connectivity index (χ0n) is 9.90. The normalized spacial score (nSPS) is 10.2. The second-order valence-electron chi connectivity index (χ2n) is 3.93. The lowest BCUT2D eigenvalue weighted by Crippen LogP contribution is -2.05. The molecule has 2 rings (SSSR count). The Hall–Kier alpha value is -1.71. The number of hydrogen-bond donors (Lipinski definition) is 1. The Kier molecular flexibility index (Phi) is 4.30. The van der Waals surface area contributed by atoms with E-state index in [0.29, 0.717) is 26.9 Å². The zero-order valence-corrected chi connectivity index (χ0v) is 11.4. The van der Waals surface area contributed by atoms with Crippen LogP contribution in [0.2, 0.25) is 10.0 Å². The van der Waals surface area contributed by atoms with Gasteiger partial charge < -0.3 is 10.5 Å². The highest BCUT2D eigenvalue weighted by Crippen LogP contribution is 2.21. The lowest BCUT2D eigenvalue weighted by Gasteiger charge is -2.07. The maximum Gasteiger partial charge on any atom is 0.338 e. The highest BCUT2D eigenvalue weighted by molar-refractivity contribution is 6.33. The quantitative estimate of drug-likeness (QED) is 0.689. The van der Waals surface area contributed by atoms with Crippen LogP contribution >= 0.6 is 23.2 Å². The molecule has 0 saturated carbocycles. The van der Waals surface area contributed by atoms with Crippen LogP contribution in [0, 0.1) is 0 Å². The fourth-order valence-corrected chi connectivity index (χ4v) is 1.87. The van der Waals surface area contributed by atoms with Crippen LogP contribution in [-0.4, -0.2) is 5.97 Å². The first kappa shape index (κ1) is 13.7. The molecule has 0 fully saturated rings. The van der Waals surface area contributed by atoms with E-state index in [2.05, 4.69) is 0 Å². The fraction of sp³-hybridized carbons (Fsp3) is 0.0714. The van der Waals surface area contributed by atoms with Gasteiger partial charge in [0.15, 0.2) is 0 Å². The van der Waals surface area contributed by atoms with Gasteiger partial charge in [-0.2, -0.15) is 0 Å². The van der Waals surface area contributed by atoms with E-state index in [-0.39, 0.29) is 6.61 Å². The first-order chi connectivity index (χ1) is 9.06. The lowest BCUT2D eigenvalue weighted by atomic mass is 10.2. The minimum absolute atomic E-state index is 0.0720. The van der Waals surface area contributed by atoms with Gasteiger partial charge in [-0.05, 0) is 42.5 Å². The van der Waals surface area contributed by atoms with Crippen LogP contribution in [0.3, 0.4) is 0 Å². The van der Waals surface area contributed by atoms with Gasteiger partial charge in [-0.1, -0.05) is 23.2 Å². The molecule has 0 radical (unpaired) electrons. The third-order valence-electron chi connectivity index (χ3n) is 2.51. The highest BCUT2D eigenvalue weighted by atomic mass is 35.5. The number of nitrogens with two attached hydrogens (primary N) is 1. The Morgan fingerprint density at radius 3 is 2.47 bits per heavy atom. The molecule has 0 aliphatic rings. The molecule has 0 atom stereocenters. The van der Waals surface area contributed by atoms with E-state index in [1.807, 2.05) is 0 Å². The second-order valence-corrected chi connectivity index (χ2v) is 4.78. The van der Waals surface area contributed by atoms with Crippen molar-refractivity contribution < 1.29 is 9.53 Å². The number of nitrogen functional groups attached to an aromatic ring is 1. The number of ether oxygens (including phenoxy) is 1. The van der Waals surface area contributed by atoms with Crippen LogP contribution < -0.4 is 5.73 Å². The number of carbonyl (C=O) groups excluding carboxylic acids is 1. The average Bonchev–Trinajstić information content (AvgIpc) is 2.40. The van der Waals surface area contributed by atoms with Crippen molar-refractivity contribution >= 4 is 34.9 Å². The largest absolute Gasteiger partial charge is 0.457 e. The molecule has 0 aliphatic carbocycles. The fourth-order valence-electron chi connectivity index (χ4n) is 1.50. The predicted octanol–water partition coefficient (Wildman–Crippen LogP) is 3.93. The van der Waals surface area contributed by atoms with Gasteiger partial charge in [-0.3, -0.25) is 0 Å². The van der Waals surface area contributed by atoms with Crippen LogP contribution in [0.1, 0.15) is 15.9 Å². The molecule has 0 heterocycles. The monoisotopic (exact) mass is 295 g/mol. The lowest BCUT2D eigenvalue weighted by molar-refractivity contribution is 0.0473. The molecule has 2 N–H and O–H groups in total. The molecule has 0 unspecified atom stereocenters. The number of carbonyl (C=O) groups is 1. The number of benzene rings is 2. The first-order valence-electron chi connectivity index (χ1n) is 5.53. The summed E-state index contributed by atoms with van der Waals surface area (Å²) in [6, 6.07) is 11.5. The van der Waals surface area contributed by atoms with Gasteiger partial charge in [0, 0.05) is 21.3 Å². The van der Waals surface area contributed by atoms with Crippen LogP contribution in [0.25, 0.3) is 0 Å². The van der Waals surface area contributed by atoms with Gasteiger partial charge in [0.25, 0.3) is 0 Å². The van der Waals surface area contributed by atoms with Crippen molar-refractivity contribution in [2.75, 3.05) is 5.73 Å². The second kappa shape index (κ2) is 5.95. The predicted molar refractivity (Wildman–Crippen MR) is 76.4 cm³/mol. The third kappa shape index (κ3) is 3.63. The summed E-state index contributed by atoms with van der Waals surface area (Å²) in [4.78, 5) is 11.8. The number of anilines is 1. The van der Waals surface area contributed by atoms with Crippen LogP contribution in [0.5, 0.6) is 0 Å². The maximum atomic E-state index is 11.8. The standard InChI is InChI=1S/C14H11Cl2NO2/c15-11-3-6-13(16)10(7-11)8-19-14(18)9-1-4-12(17)5-2-9/h1-7H,8,17H2. The molecular weight excluding hydrogens is 285 g/mol. The van der Waals surface area contributed by atoms with Crippen molar-refractivity contribution in [3.63, 3.8) is 0 Å². The van der Waals surface area contributed by atoms with E-state index in [4.69, 9.17) is 33.7 Å². The van der Waals surface area contributed by atoms with E-state index in [9.17, 15) is 4.79 Å². The molecule has 0 aromatic heterocycles. The number of hydrogen-bond acceptors (Lipinski definition) is 3. The molecule has 0 bridgehead atoms. The third-order valence-corrected chi connectivity index (χ3v) is 3.12. The van der Waals surface area contributed by atoms with E-state index in [0.717, 1.165) is 0 Å². The topological polar surface area (TPSA) is 52.3 Å². The molecule has 3 nitrogen and oxygen atoms in total. The van der Waals surface area contributed by atoms with Gasteiger partial charge in [0.05, 0.1) is 5.56 Å². The molecule has 0 amide bonds. The van der Waals surface area contributed by atoms with Crippen molar-refractivity contribution in [2.24, 2.45) is 0 Å². The molecular formula is C14H11Cl2NO2. The number of halogens is 2. The van der Waals surface area contributed by atoms with Gasteiger partial charge in [0.2, 0.25) is 0 Å². The van der Waals surface area contributed by atoms with Gasteiger partial charge >= 0.3 is 5.97 Å². The molecule has 0 aliphatic heterocycles. The zero-order chi connectivity index (χ0) is 13.8. The molecule has 0 saturated heterocycles. The maximum absolute atomic E-state index is 11.8. The molecule has 98 valence electrons.